The Hall–Kier alpha value is -3.66. The number of halogens is 1. The molecule has 10 heteroatoms. The molecular weight excluding hydrogens is 413 g/mol. The number of carbonyl (C=O) groups excluding carboxylic acids is 1. The molecule has 30 heavy (non-hydrogen) atoms. The number of aromatic nitrogens is 1. The van der Waals surface area contributed by atoms with Gasteiger partial charge in [0.15, 0.2) is 6.61 Å². The lowest BCUT2D eigenvalue weighted by atomic mass is 10.1. The van der Waals surface area contributed by atoms with Gasteiger partial charge in [-0.3, -0.25) is 9.52 Å². The van der Waals surface area contributed by atoms with Crippen LogP contribution in [-0.2, 0) is 14.8 Å². The summed E-state index contributed by atoms with van der Waals surface area (Å²) in [5.74, 6) is -0.199. The predicted molar refractivity (Wildman–Crippen MR) is 108 cm³/mol. The van der Waals surface area contributed by atoms with Crippen molar-refractivity contribution in [3.63, 3.8) is 0 Å². The number of sulfonamides is 1. The van der Waals surface area contributed by atoms with Crippen LogP contribution in [0.15, 0.2) is 59.6 Å². The average Bonchev–Trinajstić information content (AvgIpc) is 2.73. The monoisotopic (exact) mass is 429 g/mol. The van der Waals surface area contributed by atoms with Crippen molar-refractivity contribution in [2.45, 2.75) is 4.90 Å². The highest BCUT2D eigenvalue weighted by Gasteiger charge is 2.20. The smallest absolute Gasteiger partial charge is 0.262 e. The lowest BCUT2D eigenvalue weighted by Crippen LogP contribution is -2.25. The van der Waals surface area contributed by atoms with E-state index in [1.807, 2.05) is 0 Å². The van der Waals surface area contributed by atoms with Gasteiger partial charge in [0, 0.05) is 11.8 Å². The Morgan fingerprint density at radius 1 is 1.13 bits per heavy atom. The first-order chi connectivity index (χ1) is 14.4. The molecule has 0 spiro atoms. The normalized spacial score (nSPS) is 13.1. The van der Waals surface area contributed by atoms with E-state index in [-0.39, 0.29) is 29.0 Å². The molecule has 2 aromatic carbocycles. The van der Waals surface area contributed by atoms with Crippen molar-refractivity contribution in [3.05, 3.63) is 60.5 Å². The fraction of sp³-hybridized carbons (Fsp3) is 0.100. The van der Waals surface area contributed by atoms with Crippen molar-refractivity contribution in [3.8, 4) is 22.8 Å². The number of carbonyl (C=O) groups is 1. The number of benzene rings is 2. The van der Waals surface area contributed by atoms with Crippen LogP contribution >= 0.6 is 0 Å². The van der Waals surface area contributed by atoms with Crippen LogP contribution < -0.4 is 19.5 Å². The highest BCUT2D eigenvalue weighted by Crippen LogP contribution is 2.35. The van der Waals surface area contributed by atoms with E-state index in [0.29, 0.717) is 22.6 Å². The molecule has 0 bridgehead atoms. The van der Waals surface area contributed by atoms with Crippen molar-refractivity contribution >= 4 is 27.3 Å². The van der Waals surface area contributed by atoms with Crippen LogP contribution in [0.3, 0.4) is 0 Å². The molecule has 2 heterocycles. The summed E-state index contributed by atoms with van der Waals surface area (Å²) in [5, 5.41) is 2.72. The summed E-state index contributed by atoms with van der Waals surface area (Å²) in [6.07, 6.45) is 1.52. The van der Waals surface area contributed by atoms with Crippen molar-refractivity contribution in [2.24, 2.45) is 0 Å². The van der Waals surface area contributed by atoms with E-state index in [1.165, 1.54) is 13.3 Å². The molecule has 1 aliphatic rings. The number of ether oxygens (including phenoxy) is 2. The number of nitrogens with zero attached hydrogens (tertiary/aromatic N) is 1. The minimum atomic E-state index is -4.00. The molecule has 1 aromatic heterocycles. The highest BCUT2D eigenvalue weighted by molar-refractivity contribution is 7.92. The molecule has 0 radical (unpaired) electrons. The number of amides is 1. The van der Waals surface area contributed by atoms with E-state index in [4.69, 9.17) is 9.47 Å². The second-order valence-corrected chi connectivity index (χ2v) is 8.07. The third-order valence-electron chi connectivity index (χ3n) is 4.36. The highest BCUT2D eigenvalue weighted by atomic mass is 32.2. The molecule has 0 atom stereocenters. The maximum atomic E-state index is 13.1. The van der Waals surface area contributed by atoms with Gasteiger partial charge in [-0.2, -0.15) is 0 Å². The Morgan fingerprint density at radius 3 is 2.63 bits per heavy atom. The molecule has 3 aromatic rings. The molecular formula is C20H16FN3O5S. The molecule has 0 unspecified atom stereocenters. The van der Waals surface area contributed by atoms with Crippen LogP contribution in [0.2, 0.25) is 0 Å². The molecule has 0 saturated carbocycles. The quantitative estimate of drug-likeness (QED) is 0.646. The summed E-state index contributed by atoms with van der Waals surface area (Å²) in [4.78, 5) is 15.6. The number of anilines is 2. The zero-order chi connectivity index (χ0) is 21.3. The summed E-state index contributed by atoms with van der Waals surface area (Å²) in [6, 6.07) is 11.2. The van der Waals surface area contributed by atoms with E-state index in [2.05, 4.69) is 15.0 Å². The number of pyridine rings is 1. The average molecular weight is 429 g/mol. The van der Waals surface area contributed by atoms with Gasteiger partial charge in [-0.05, 0) is 48.0 Å². The number of nitrogens with one attached hydrogen (secondary N) is 2. The first-order valence-electron chi connectivity index (χ1n) is 8.75. The lowest BCUT2D eigenvalue weighted by Gasteiger charge is -2.19. The number of fused-ring (bicyclic) bond motifs is 1. The molecule has 4 rings (SSSR count). The van der Waals surface area contributed by atoms with E-state index in [9.17, 15) is 17.6 Å². The van der Waals surface area contributed by atoms with Crippen LogP contribution in [0.4, 0.5) is 15.8 Å². The van der Waals surface area contributed by atoms with Crippen molar-refractivity contribution in [1.82, 2.24) is 4.98 Å². The van der Waals surface area contributed by atoms with Crippen LogP contribution in [0.25, 0.3) is 11.1 Å². The van der Waals surface area contributed by atoms with E-state index in [0.717, 1.165) is 24.3 Å². The fourth-order valence-corrected chi connectivity index (χ4v) is 3.97. The van der Waals surface area contributed by atoms with Gasteiger partial charge in [0.2, 0.25) is 5.88 Å². The SMILES string of the molecule is COc1ncc(-c2ccc3c(c2)NC(=O)CO3)cc1NS(=O)(=O)c1ccc(F)cc1. The van der Waals surface area contributed by atoms with Gasteiger partial charge >= 0.3 is 0 Å². The summed E-state index contributed by atoms with van der Waals surface area (Å²) in [6.45, 7) is -0.0498. The summed E-state index contributed by atoms with van der Waals surface area (Å²) < 4.78 is 51.4. The summed E-state index contributed by atoms with van der Waals surface area (Å²) >= 11 is 0. The number of rotatable bonds is 5. The second-order valence-electron chi connectivity index (χ2n) is 6.39. The second kappa shape index (κ2) is 7.64. The minimum Gasteiger partial charge on any atom is -0.482 e. The first kappa shape index (κ1) is 19.6. The van der Waals surface area contributed by atoms with Gasteiger partial charge in [0.1, 0.15) is 17.3 Å². The largest absolute Gasteiger partial charge is 0.482 e. The van der Waals surface area contributed by atoms with Crippen molar-refractivity contribution < 1.29 is 27.1 Å². The van der Waals surface area contributed by atoms with E-state index < -0.39 is 15.8 Å². The van der Waals surface area contributed by atoms with Gasteiger partial charge in [-0.1, -0.05) is 6.07 Å². The number of hydrogen-bond donors (Lipinski definition) is 2. The van der Waals surface area contributed by atoms with Gasteiger partial charge in [-0.25, -0.2) is 17.8 Å². The number of methoxy groups -OCH3 is 1. The first-order valence-corrected chi connectivity index (χ1v) is 10.2. The molecule has 0 aliphatic carbocycles. The fourth-order valence-electron chi connectivity index (χ4n) is 2.93. The van der Waals surface area contributed by atoms with Gasteiger partial charge in [0.25, 0.3) is 15.9 Å². The van der Waals surface area contributed by atoms with Crippen molar-refractivity contribution in [2.75, 3.05) is 23.8 Å². The van der Waals surface area contributed by atoms with Gasteiger partial charge < -0.3 is 14.8 Å². The Kier molecular flexibility index (Phi) is 5.00. The Labute approximate surface area is 171 Å². The summed E-state index contributed by atoms with van der Waals surface area (Å²) in [5.41, 5.74) is 1.87. The molecule has 0 fully saturated rings. The minimum absolute atomic E-state index is 0.0498. The van der Waals surface area contributed by atoms with E-state index >= 15 is 0 Å². The molecule has 0 saturated heterocycles. The summed E-state index contributed by atoms with van der Waals surface area (Å²) in [7, 11) is -2.63. The molecule has 2 N–H and O–H groups in total. The molecule has 1 amide bonds. The Bertz CT molecular complexity index is 1230. The van der Waals surface area contributed by atoms with Crippen LogP contribution in [0, 0.1) is 5.82 Å². The third-order valence-corrected chi connectivity index (χ3v) is 5.74. The molecule has 1 aliphatic heterocycles. The Morgan fingerprint density at radius 2 is 1.90 bits per heavy atom. The Balaban J connectivity index is 1.70. The predicted octanol–water partition coefficient (Wildman–Crippen LogP) is 3.03. The lowest BCUT2D eigenvalue weighted by molar-refractivity contribution is -0.118. The van der Waals surface area contributed by atoms with Gasteiger partial charge in [-0.15, -0.1) is 0 Å². The maximum absolute atomic E-state index is 13.1. The van der Waals surface area contributed by atoms with Crippen LogP contribution in [-0.4, -0.2) is 33.0 Å². The third kappa shape index (κ3) is 3.90. The number of hydrogen-bond acceptors (Lipinski definition) is 6. The maximum Gasteiger partial charge on any atom is 0.262 e. The molecule has 8 nitrogen and oxygen atoms in total. The van der Waals surface area contributed by atoms with E-state index in [1.54, 1.807) is 24.3 Å². The van der Waals surface area contributed by atoms with Crippen molar-refractivity contribution in [1.29, 1.82) is 0 Å². The van der Waals surface area contributed by atoms with Gasteiger partial charge in [0.05, 0.1) is 17.7 Å². The zero-order valence-electron chi connectivity index (χ0n) is 15.7. The zero-order valence-corrected chi connectivity index (χ0v) is 16.5. The standard InChI is InChI=1S/C20H16FN3O5S/c1-28-20-17(24-30(26,27)15-5-3-14(21)4-6-15)9-13(10-22-20)12-2-7-18-16(8-12)23-19(25)11-29-18/h2-10,24H,11H2,1H3,(H,23,25). The molecule has 154 valence electrons. The van der Waals surface area contributed by atoms with Crippen LogP contribution in [0.5, 0.6) is 11.6 Å². The van der Waals surface area contributed by atoms with Crippen LogP contribution in [0.1, 0.15) is 0 Å². The topological polar surface area (TPSA) is 107 Å².